The SMILES string of the molecule is CC1(C)CCC(C)(C)c2cc(-c3cc(-c4ccccc4)cc4c3[B]c3cccc5c3N4c3ccccc3C5(c3ccccc3)c3ccccc3)c(Nc3ccc(-c4ccccc4)cc3)cc21. The average molecular weight is 848 g/mol. The van der Waals surface area contributed by atoms with Gasteiger partial charge in [0.2, 0.25) is 0 Å². The smallest absolute Gasteiger partial charge is 0.197 e. The van der Waals surface area contributed by atoms with Crippen LogP contribution in [0.2, 0.25) is 0 Å². The quantitative estimate of drug-likeness (QED) is 0.161. The summed E-state index contributed by atoms with van der Waals surface area (Å²) in [4.78, 5) is 2.59. The molecule has 0 atom stereocenters. The number of anilines is 5. The van der Waals surface area contributed by atoms with Crippen molar-refractivity contribution in [1.29, 1.82) is 0 Å². The monoisotopic (exact) mass is 847 g/mol. The highest BCUT2D eigenvalue weighted by atomic mass is 15.2. The molecule has 0 unspecified atom stereocenters. The summed E-state index contributed by atoms with van der Waals surface area (Å²) in [6, 6.07) is 78.9. The lowest BCUT2D eigenvalue weighted by Crippen LogP contribution is -2.47. The zero-order valence-electron chi connectivity index (χ0n) is 38.1. The van der Waals surface area contributed by atoms with E-state index in [1.165, 1.54) is 94.7 Å². The molecule has 2 aliphatic heterocycles. The maximum atomic E-state index is 4.03. The van der Waals surface area contributed by atoms with Crippen molar-refractivity contribution in [1.82, 2.24) is 0 Å². The van der Waals surface area contributed by atoms with Crippen LogP contribution in [-0.2, 0) is 16.2 Å². The Labute approximate surface area is 390 Å². The van der Waals surface area contributed by atoms with Crippen LogP contribution in [0.5, 0.6) is 0 Å². The van der Waals surface area contributed by atoms with Gasteiger partial charge in [0.05, 0.1) is 11.1 Å². The fraction of sp³-hybridized carbons (Fsp3) is 0.143. The molecule has 0 bridgehead atoms. The van der Waals surface area contributed by atoms with E-state index in [-0.39, 0.29) is 10.8 Å². The summed E-state index contributed by atoms with van der Waals surface area (Å²) < 4.78 is 0. The van der Waals surface area contributed by atoms with Crippen LogP contribution in [-0.4, -0.2) is 7.28 Å². The molecule has 12 rings (SSSR count). The Hall–Kier alpha value is -7.36. The molecule has 0 fully saturated rings. The zero-order chi connectivity index (χ0) is 44.6. The van der Waals surface area contributed by atoms with Gasteiger partial charge in [0.15, 0.2) is 7.28 Å². The molecular formula is C63H52BN2. The first kappa shape index (κ1) is 40.2. The number of hydrogen-bond donors (Lipinski definition) is 1. The minimum absolute atomic E-state index is 0.0157. The number of hydrogen-bond acceptors (Lipinski definition) is 2. The molecule has 66 heavy (non-hydrogen) atoms. The van der Waals surface area contributed by atoms with Gasteiger partial charge in [0.1, 0.15) is 0 Å². The molecule has 2 nitrogen and oxygen atoms in total. The molecule has 9 aromatic carbocycles. The van der Waals surface area contributed by atoms with Crippen LogP contribution in [0.3, 0.4) is 0 Å². The lowest BCUT2D eigenvalue weighted by Gasteiger charge is -2.49. The van der Waals surface area contributed by atoms with Gasteiger partial charge in [0.25, 0.3) is 0 Å². The number of nitrogens with one attached hydrogen (secondary N) is 1. The number of para-hydroxylation sites is 2. The fourth-order valence-corrected chi connectivity index (χ4v) is 11.5. The fourth-order valence-electron chi connectivity index (χ4n) is 11.5. The van der Waals surface area contributed by atoms with Gasteiger partial charge in [-0.25, -0.2) is 0 Å². The molecule has 1 aliphatic carbocycles. The van der Waals surface area contributed by atoms with Crippen molar-refractivity contribution in [2.75, 3.05) is 10.2 Å². The van der Waals surface area contributed by atoms with E-state index in [9.17, 15) is 0 Å². The summed E-state index contributed by atoms with van der Waals surface area (Å²) in [6.07, 6.45) is 2.28. The highest BCUT2D eigenvalue weighted by Gasteiger charge is 2.48. The normalized spacial score (nSPS) is 15.6. The Kier molecular flexibility index (Phi) is 9.37. The van der Waals surface area contributed by atoms with Gasteiger partial charge in [-0.1, -0.05) is 203 Å². The van der Waals surface area contributed by atoms with Gasteiger partial charge >= 0.3 is 0 Å². The minimum Gasteiger partial charge on any atom is -0.355 e. The third kappa shape index (κ3) is 6.32. The van der Waals surface area contributed by atoms with Crippen LogP contribution in [0.25, 0.3) is 33.4 Å². The van der Waals surface area contributed by atoms with E-state index < -0.39 is 5.41 Å². The molecule has 0 spiro atoms. The Morgan fingerprint density at radius 2 is 0.955 bits per heavy atom. The molecule has 0 saturated carbocycles. The van der Waals surface area contributed by atoms with Crippen LogP contribution in [0.15, 0.2) is 212 Å². The van der Waals surface area contributed by atoms with E-state index in [4.69, 9.17) is 0 Å². The van der Waals surface area contributed by atoms with Gasteiger partial charge in [0, 0.05) is 28.3 Å². The van der Waals surface area contributed by atoms with E-state index in [2.05, 4.69) is 258 Å². The van der Waals surface area contributed by atoms with Gasteiger partial charge in [-0.2, -0.15) is 0 Å². The van der Waals surface area contributed by atoms with Gasteiger partial charge in [-0.05, 0) is 133 Å². The number of nitrogens with zero attached hydrogens (tertiary/aromatic N) is 1. The van der Waals surface area contributed by atoms with Gasteiger partial charge < -0.3 is 10.2 Å². The van der Waals surface area contributed by atoms with Gasteiger partial charge in [-0.15, -0.1) is 0 Å². The summed E-state index contributed by atoms with van der Waals surface area (Å²) in [5, 5.41) is 4.03. The third-order valence-electron chi connectivity index (χ3n) is 15.0. The molecule has 3 heteroatoms. The number of rotatable bonds is 7. The zero-order valence-corrected chi connectivity index (χ0v) is 38.1. The first-order valence-electron chi connectivity index (χ1n) is 23.6. The molecule has 9 aromatic rings. The molecular weight excluding hydrogens is 796 g/mol. The molecule has 0 amide bonds. The third-order valence-corrected chi connectivity index (χ3v) is 15.0. The standard InChI is InChI=1S/C63H52BN2/c1-61(2)36-37-62(3,4)54-41-56(65-48-34-32-44(33-35-48)42-20-9-5-10-21-42)49(40-53(54)61)50-38-45(43-22-11-6-12-23-43)39-58-59(50)64-55-30-19-29-52-60(55)66(58)57-31-18-17-28-51(57)63(52,46-24-13-7-14-25-46)47-26-15-8-16-27-47/h5-35,38-41,65H,36-37H2,1-4H3. The van der Waals surface area contributed by atoms with Crippen LogP contribution in [0, 0.1) is 0 Å². The van der Waals surface area contributed by atoms with Gasteiger partial charge in [-0.3, -0.25) is 0 Å². The molecule has 1 N–H and O–H groups in total. The lowest BCUT2D eigenvalue weighted by atomic mass is 9.54. The molecule has 2 heterocycles. The lowest BCUT2D eigenvalue weighted by molar-refractivity contribution is 0.332. The summed E-state index contributed by atoms with van der Waals surface area (Å²) in [5.74, 6) is 0. The molecule has 3 aliphatic rings. The first-order chi connectivity index (χ1) is 32.2. The first-order valence-corrected chi connectivity index (χ1v) is 23.6. The largest absolute Gasteiger partial charge is 0.355 e. The maximum Gasteiger partial charge on any atom is 0.197 e. The van der Waals surface area contributed by atoms with Crippen molar-refractivity contribution in [3.63, 3.8) is 0 Å². The number of fused-ring (bicyclic) bond motifs is 5. The van der Waals surface area contributed by atoms with Crippen molar-refractivity contribution in [2.24, 2.45) is 0 Å². The predicted molar refractivity (Wildman–Crippen MR) is 279 cm³/mol. The van der Waals surface area contributed by atoms with Crippen molar-refractivity contribution < 1.29 is 0 Å². The summed E-state index contributed by atoms with van der Waals surface area (Å²) >= 11 is 0. The van der Waals surface area contributed by atoms with E-state index in [0.29, 0.717) is 0 Å². The second-order valence-electron chi connectivity index (χ2n) is 19.8. The summed E-state index contributed by atoms with van der Waals surface area (Å²) in [5.41, 5.74) is 22.9. The van der Waals surface area contributed by atoms with E-state index in [0.717, 1.165) is 24.2 Å². The maximum absolute atomic E-state index is 4.03. The molecule has 0 aromatic heterocycles. The molecule has 317 valence electrons. The Bertz CT molecular complexity index is 3240. The Balaban J connectivity index is 1.13. The highest BCUT2D eigenvalue weighted by Crippen LogP contribution is 2.58. The van der Waals surface area contributed by atoms with Crippen molar-refractivity contribution in [3.8, 4) is 33.4 Å². The molecule has 0 saturated heterocycles. The second-order valence-corrected chi connectivity index (χ2v) is 19.8. The van der Waals surface area contributed by atoms with Crippen LogP contribution >= 0.6 is 0 Å². The molecule has 1 radical (unpaired) electrons. The predicted octanol–water partition coefficient (Wildman–Crippen LogP) is 14.9. The van der Waals surface area contributed by atoms with Crippen molar-refractivity contribution in [2.45, 2.75) is 56.8 Å². The summed E-state index contributed by atoms with van der Waals surface area (Å²) in [7, 11) is 2.48. The summed E-state index contributed by atoms with van der Waals surface area (Å²) in [6.45, 7) is 9.74. The minimum atomic E-state index is -0.545. The Morgan fingerprint density at radius 3 is 1.59 bits per heavy atom. The topological polar surface area (TPSA) is 15.3 Å². The second kappa shape index (κ2) is 15.4. The van der Waals surface area contributed by atoms with Crippen LogP contribution < -0.4 is 21.1 Å². The van der Waals surface area contributed by atoms with Crippen LogP contribution in [0.1, 0.15) is 73.9 Å². The van der Waals surface area contributed by atoms with Crippen LogP contribution in [0.4, 0.5) is 28.4 Å². The van der Waals surface area contributed by atoms with E-state index in [1.54, 1.807) is 0 Å². The van der Waals surface area contributed by atoms with E-state index in [1.807, 2.05) is 0 Å². The average Bonchev–Trinajstić information content (AvgIpc) is 3.36. The number of benzene rings is 9. The van der Waals surface area contributed by atoms with Crippen molar-refractivity contribution >= 4 is 46.6 Å². The van der Waals surface area contributed by atoms with E-state index >= 15 is 0 Å². The van der Waals surface area contributed by atoms with Crippen molar-refractivity contribution in [3.05, 3.63) is 246 Å². The highest BCUT2D eigenvalue weighted by molar-refractivity contribution is 6.73. The Morgan fingerprint density at radius 1 is 0.424 bits per heavy atom.